The van der Waals surface area contributed by atoms with E-state index in [9.17, 15) is 24.3 Å². The zero-order valence-electron chi connectivity index (χ0n) is 11.5. The molecule has 0 bridgehead atoms. The zero-order valence-corrected chi connectivity index (χ0v) is 13.5. The van der Waals surface area contributed by atoms with Gasteiger partial charge < -0.3 is 36.7 Å². The molecule has 2 atom stereocenters. The van der Waals surface area contributed by atoms with Gasteiger partial charge in [0.25, 0.3) is 0 Å². The molecule has 0 aromatic rings. The second-order valence-electron chi connectivity index (χ2n) is 3.74. The minimum absolute atomic E-state index is 0. The van der Waals surface area contributed by atoms with Gasteiger partial charge in [-0.2, -0.15) is 0 Å². The molecular formula is C10H17N2NaO8. The molecule has 21 heavy (non-hydrogen) atoms. The van der Waals surface area contributed by atoms with Crippen molar-refractivity contribution in [3.05, 3.63) is 0 Å². The van der Waals surface area contributed by atoms with E-state index in [1.165, 1.54) is 0 Å². The number of hydrogen-bond acceptors (Lipinski definition) is 7. The summed E-state index contributed by atoms with van der Waals surface area (Å²) in [6.07, 6.45) is -0.551. The Hall–Kier alpha value is -1.20. The van der Waals surface area contributed by atoms with E-state index in [0.29, 0.717) is 0 Å². The van der Waals surface area contributed by atoms with Crippen LogP contribution < -0.4 is 46.1 Å². The van der Waals surface area contributed by atoms with Gasteiger partial charge >= 0.3 is 47.5 Å². The van der Waals surface area contributed by atoms with Crippen LogP contribution in [-0.4, -0.2) is 51.3 Å². The molecule has 11 heteroatoms. The third kappa shape index (κ3) is 18.8. The first-order chi connectivity index (χ1) is 9.07. The SMILES string of the molecule is NC(CCC(=O)O)C(=O)O.N[C@@H](CCC(=O)O)C(=O)[O-].[Na+]. The Labute approximate surface area is 142 Å². The fraction of sp³-hybridized carbons (Fsp3) is 0.600. The summed E-state index contributed by atoms with van der Waals surface area (Å²) in [7, 11) is 0. The molecule has 0 rings (SSSR count). The molecule has 0 aromatic carbocycles. The number of rotatable bonds is 8. The zero-order chi connectivity index (χ0) is 16.3. The Kier molecular flexibility index (Phi) is 16.3. The van der Waals surface area contributed by atoms with Crippen molar-refractivity contribution in [1.82, 2.24) is 0 Å². The second kappa shape index (κ2) is 13.8. The van der Waals surface area contributed by atoms with Crippen LogP contribution in [0.1, 0.15) is 25.7 Å². The predicted octanol–water partition coefficient (Wildman–Crippen LogP) is -5.80. The van der Waals surface area contributed by atoms with Crippen molar-refractivity contribution < 1.29 is 69.2 Å². The minimum atomic E-state index is -1.42. The number of carboxylic acids is 4. The predicted molar refractivity (Wildman–Crippen MR) is 62.3 cm³/mol. The average Bonchev–Trinajstić information content (AvgIpc) is 2.33. The Morgan fingerprint density at radius 3 is 1.43 bits per heavy atom. The standard InChI is InChI=1S/2C5H9NO4.Na/c2*6-3(5(9)10)1-2-4(7)8;/h2*3H,1-2,6H2,(H,7,8)(H,9,10);/q;;+1/p-1/t3-;;/m0../s1. The molecular weight excluding hydrogens is 299 g/mol. The second-order valence-corrected chi connectivity index (χ2v) is 3.74. The number of hydrogen-bond donors (Lipinski definition) is 5. The molecule has 116 valence electrons. The van der Waals surface area contributed by atoms with Crippen molar-refractivity contribution in [2.45, 2.75) is 37.8 Å². The minimum Gasteiger partial charge on any atom is -0.548 e. The average molecular weight is 316 g/mol. The van der Waals surface area contributed by atoms with Crippen LogP contribution in [0, 0.1) is 0 Å². The molecule has 0 amide bonds. The maximum Gasteiger partial charge on any atom is 1.00 e. The molecule has 1 unspecified atom stereocenters. The van der Waals surface area contributed by atoms with Crippen LogP contribution in [0.3, 0.4) is 0 Å². The summed E-state index contributed by atoms with van der Waals surface area (Å²) in [4.78, 5) is 39.6. The molecule has 0 spiro atoms. The summed E-state index contributed by atoms with van der Waals surface area (Å²) in [6.45, 7) is 0. The van der Waals surface area contributed by atoms with Gasteiger partial charge in [-0.05, 0) is 12.8 Å². The van der Waals surface area contributed by atoms with Gasteiger partial charge in [-0.3, -0.25) is 14.4 Å². The maximum atomic E-state index is 9.99. The largest absolute Gasteiger partial charge is 1.00 e. The quantitative estimate of drug-likeness (QED) is 0.268. The first-order valence-electron chi connectivity index (χ1n) is 5.46. The number of carbonyl (C=O) groups is 4. The Morgan fingerprint density at radius 1 is 0.857 bits per heavy atom. The summed E-state index contributed by atoms with van der Waals surface area (Å²) in [5.41, 5.74) is 9.94. The van der Waals surface area contributed by atoms with Gasteiger partial charge in [0, 0.05) is 18.9 Å². The van der Waals surface area contributed by atoms with Gasteiger partial charge in [-0.15, -0.1) is 0 Å². The van der Waals surface area contributed by atoms with E-state index in [0.717, 1.165) is 0 Å². The van der Waals surface area contributed by atoms with Crippen LogP contribution >= 0.6 is 0 Å². The third-order valence-electron chi connectivity index (χ3n) is 1.96. The maximum absolute atomic E-state index is 9.99. The van der Waals surface area contributed by atoms with Crippen LogP contribution in [0.2, 0.25) is 0 Å². The number of aliphatic carboxylic acids is 4. The molecule has 0 aromatic heterocycles. The van der Waals surface area contributed by atoms with Crippen molar-refractivity contribution in [2.75, 3.05) is 0 Å². The Balaban J connectivity index is -0.000000295. The molecule has 0 aliphatic rings. The van der Waals surface area contributed by atoms with Crippen LogP contribution in [0.4, 0.5) is 0 Å². The summed E-state index contributed by atoms with van der Waals surface area (Å²) >= 11 is 0. The van der Waals surface area contributed by atoms with Gasteiger partial charge in [-0.1, -0.05) is 0 Å². The molecule has 0 saturated carbocycles. The van der Waals surface area contributed by atoms with Crippen LogP contribution in [0.5, 0.6) is 0 Å². The topological polar surface area (TPSA) is 204 Å². The van der Waals surface area contributed by atoms with Crippen molar-refractivity contribution in [1.29, 1.82) is 0 Å². The van der Waals surface area contributed by atoms with Crippen molar-refractivity contribution >= 4 is 23.9 Å². The molecule has 10 nitrogen and oxygen atoms in total. The Bertz CT molecular complexity index is 329. The first kappa shape index (κ1) is 24.8. The van der Waals surface area contributed by atoms with Crippen molar-refractivity contribution in [3.63, 3.8) is 0 Å². The third-order valence-corrected chi connectivity index (χ3v) is 1.96. The van der Waals surface area contributed by atoms with Gasteiger partial charge in [0.1, 0.15) is 6.04 Å². The van der Waals surface area contributed by atoms with E-state index in [1.807, 2.05) is 0 Å². The van der Waals surface area contributed by atoms with Crippen molar-refractivity contribution in [2.24, 2.45) is 11.5 Å². The summed E-state index contributed by atoms with van der Waals surface area (Å²) < 4.78 is 0. The molecule has 0 fully saturated rings. The van der Waals surface area contributed by atoms with Crippen LogP contribution in [-0.2, 0) is 19.2 Å². The van der Waals surface area contributed by atoms with Crippen LogP contribution in [0.15, 0.2) is 0 Å². The summed E-state index contributed by atoms with van der Waals surface area (Å²) in [5, 5.41) is 34.2. The number of carboxylic acid groups (broad SMARTS) is 4. The van der Waals surface area contributed by atoms with Crippen molar-refractivity contribution in [3.8, 4) is 0 Å². The first-order valence-corrected chi connectivity index (χ1v) is 5.46. The van der Waals surface area contributed by atoms with E-state index in [2.05, 4.69) is 0 Å². The molecule has 0 saturated heterocycles. The van der Waals surface area contributed by atoms with E-state index >= 15 is 0 Å². The fourth-order valence-electron chi connectivity index (χ4n) is 0.799. The molecule has 0 heterocycles. The van der Waals surface area contributed by atoms with Gasteiger partial charge in [0.05, 0.1) is 5.97 Å². The van der Waals surface area contributed by atoms with E-state index in [1.54, 1.807) is 0 Å². The monoisotopic (exact) mass is 316 g/mol. The molecule has 7 N–H and O–H groups in total. The van der Waals surface area contributed by atoms with Gasteiger partial charge in [-0.25, -0.2) is 0 Å². The normalized spacial score (nSPS) is 11.9. The van der Waals surface area contributed by atoms with Gasteiger partial charge in [0.15, 0.2) is 0 Å². The van der Waals surface area contributed by atoms with Gasteiger partial charge in [0.2, 0.25) is 0 Å². The summed E-state index contributed by atoms with van der Waals surface area (Å²) in [6, 6.07) is -2.23. The molecule has 0 aliphatic carbocycles. The van der Waals surface area contributed by atoms with E-state index in [-0.39, 0.29) is 55.2 Å². The molecule has 0 aliphatic heterocycles. The summed E-state index contributed by atoms with van der Waals surface area (Å²) in [5.74, 6) is -4.67. The molecule has 0 radical (unpaired) electrons. The van der Waals surface area contributed by atoms with Crippen LogP contribution in [0.25, 0.3) is 0 Å². The van der Waals surface area contributed by atoms with E-state index < -0.39 is 36.0 Å². The Morgan fingerprint density at radius 2 is 1.19 bits per heavy atom. The number of carbonyl (C=O) groups excluding carboxylic acids is 1. The number of nitrogens with two attached hydrogens (primary N) is 2. The smallest absolute Gasteiger partial charge is 0.548 e. The fourth-order valence-corrected chi connectivity index (χ4v) is 0.799. The van der Waals surface area contributed by atoms with E-state index in [4.69, 9.17) is 26.8 Å².